The lowest BCUT2D eigenvalue weighted by Gasteiger charge is -2.34. The monoisotopic (exact) mass is 251 g/mol. The molecule has 18 heavy (non-hydrogen) atoms. The van der Waals surface area contributed by atoms with Crippen LogP contribution in [0, 0.1) is 17.2 Å². The molecule has 3 nitrogen and oxygen atoms in total. The van der Waals surface area contributed by atoms with Crippen LogP contribution in [0.3, 0.4) is 0 Å². The normalized spacial score (nSPS) is 20.8. The summed E-state index contributed by atoms with van der Waals surface area (Å²) in [5.74, 6) is 0.678. The molecule has 0 amide bonds. The van der Waals surface area contributed by atoms with E-state index in [0.29, 0.717) is 18.0 Å². The molecule has 0 spiro atoms. The second-order valence-electron chi connectivity index (χ2n) is 6.40. The fourth-order valence-electron chi connectivity index (χ4n) is 2.62. The van der Waals surface area contributed by atoms with Gasteiger partial charge in [0.25, 0.3) is 0 Å². The second-order valence-corrected chi connectivity index (χ2v) is 6.40. The van der Waals surface area contributed by atoms with E-state index in [-0.39, 0.29) is 5.54 Å². The first-order chi connectivity index (χ1) is 8.40. The van der Waals surface area contributed by atoms with E-state index < -0.39 is 0 Å². The van der Waals surface area contributed by atoms with E-state index in [1.54, 1.807) is 0 Å². The summed E-state index contributed by atoms with van der Waals surface area (Å²) in [7, 11) is 0. The molecule has 2 unspecified atom stereocenters. The van der Waals surface area contributed by atoms with Crippen molar-refractivity contribution in [1.82, 2.24) is 10.2 Å². The summed E-state index contributed by atoms with van der Waals surface area (Å²) in [5.41, 5.74) is -0.370. The molecule has 0 radical (unpaired) electrons. The molecule has 2 atom stereocenters. The van der Waals surface area contributed by atoms with Crippen molar-refractivity contribution < 1.29 is 0 Å². The van der Waals surface area contributed by atoms with E-state index in [1.165, 1.54) is 12.8 Å². The molecule has 1 aliphatic carbocycles. The minimum absolute atomic E-state index is 0.370. The van der Waals surface area contributed by atoms with E-state index >= 15 is 0 Å². The molecule has 0 bridgehead atoms. The summed E-state index contributed by atoms with van der Waals surface area (Å²) < 4.78 is 0. The predicted octanol–water partition coefficient (Wildman–Crippen LogP) is 2.78. The Balaban J connectivity index is 2.53. The van der Waals surface area contributed by atoms with Crippen molar-refractivity contribution in [2.75, 3.05) is 13.1 Å². The van der Waals surface area contributed by atoms with E-state index in [1.807, 2.05) is 6.92 Å². The zero-order valence-corrected chi connectivity index (χ0v) is 12.7. The first kappa shape index (κ1) is 15.5. The van der Waals surface area contributed by atoms with E-state index in [4.69, 9.17) is 0 Å². The molecule has 1 rings (SSSR count). The van der Waals surface area contributed by atoms with Gasteiger partial charge in [0.15, 0.2) is 0 Å². The molecule has 3 heteroatoms. The summed E-state index contributed by atoms with van der Waals surface area (Å²) in [6.45, 7) is 13.2. The van der Waals surface area contributed by atoms with Crippen LogP contribution < -0.4 is 5.32 Å². The average Bonchev–Trinajstić information content (AvgIpc) is 3.09. The highest BCUT2D eigenvalue weighted by atomic mass is 15.2. The zero-order chi connectivity index (χ0) is 13.8. The van der Waals surface area contributed by atoms with Crippen LogP contribution in [0.15, 0.2) is 0 Å². The van der Waals surface area contributed by atoms with Crippen molar-refractivity contribution in [3.8, 4) is 6.07 Å². The van der Waals surface area contributed by atoms with Gasteiger partial charge in [-0.3, -0.25) is 5.32 Å². The van der Waals surface area contributed by atoms with E-state index in [2.05, 4.69) is 44.0 Å². The lowest BCUT2D eigenvalue weighted by atomic mass is 9.93. The summed E-state index contributed by atoms with van der Waals surface area (Å²) in [4.78, 5) is 2.48. The van der Waals surface area contributed by atoms with Gasteiger partial charge in [-0.15, -0.1) is 0 Å². The highest BCUT2D eigenvalue weighted by molar-refractivity contribution is 5.08. The summed E-state index contributed by atoms with van der Waals surface area (Å²) in [5, 5.41) is 12.9. The Hall–Kier alpha value is -0.590. The van der Waals surface area contributed by atoms with Crippen molar-refractivity contribution in [3.05, 3.63) is 0 Å². The fraction of sp³-hybridized carbons (Fsp3) is 0.933. The van der Waals surface area contributed by atoms with Gasteiger partial charge in [0, 0.05) is 18.6 Å². The molecule has 0 aromatic rings. The van der Waals surface area contributed by atoms with Crippen molar-refractivity contribution in [3.63, 3.8) is 0 Å². The van der Waals surface area contributed by atoms with Crippen LogP contribution in [-0.2, 0) is 0 Å². The van der Waals surface area contributed by atoms with Gasteiger partial charge in [0.1, 0.15) is 5.54 Å². The molecule has 0 saturated heterocycles. The molecular formula is C15H29N3. The maximum atomic E-state index is 9.42. The van der Waals surface area contributed by atoms with Crippen LogP contribution >= 0.6 is 0 Å². The molecule has 104 valence electrons. The summed E-state index contributed by atoms with van der Waals surface area (Å²) in [6, 6.07) is 3.51. The number of nitrogens with one attached hydrogen (secondary N) is 1. The fourth-order valence-corrected chi connectivity index (χ4v) is 2.62. The van der Waals surface area contributed by atoms with Gasteiger partial charge in [-0.05, 0) is 45.6 Å². The first-order valence-electron chi connectivity index (χ1n) is 7.33. The molecule has 0 aliphatic heterocycles. The number of nitriles is 1. The van der Waals surface area contributed by atoms with Gasteiger partial charge >= 0.3 is 0 Å². The second kappa shape index (κ2) is 6.54. The van der Waals surface area contributed by atoms with Crippen LogP contribution in [0.1, 0.15) is 53.9 Å². The Morgan fingerprint density at radius 1 is 1.39 bits per heavy atom. The van der Waals surface area contributed by atoms with Crippen LogP contribution in [0.25, 0.3) is 0 Å². The lowest BCUT2D eigenvalue weighted by Crippen LogP contribution is -2.48. The minimum Gasteiger partial charge on any atom is -0.301 e. The van der Waals surface area contributed by atoms with Crippen molar-refractivity contribution in [1.29, 1.82) is 5.26 Å². The van der Waals surface area contributed by atoms with E-state index in [0.717, 1.165) is 19.5 Å². The highest BCUT2D eigenvalue weighted by Crippen LogP contribution is 2.25. The number of nitrogens with zero attached hydrogens (tertiary/aromatic N) is 2. The lowest BCUT2D eigenvalue weighted by molar-refractivity contribution is 0.166. The molecular weight excluding hydrogens is 222 g/mol. The highest BCUT2D eigenvalue weighted by Gasteiger charge is 2.34. The standard InChI is InChI=1S/C15H29N3/c1-6-18(10-12(2)3)13(4)9-15(5,11-16)17-14-7-8-14/h12-14,17H,6-10H2,1-5H3. The van der Waals surface area contributed by atoms with Gasteiger partial charge in [-0.25, -0.2) is 0 Å². The third-order valence-electron chi connectivity index (χ3n) is 3.68. The first-order valence-corrected chi connectivity index (χ1v) is 7.33. The maximum absolute atomic E-state index is 9.42. The topological polar surface area (TPSA) is 39.1 Å². The minimum atomic E-state index is -0.370. The molecule has 1 aliphatic rings. The number of hydrogen-bond donors (Lipinski definition) is 1. The van der Waals surface area contributed by atoms with Gasteiger partial charge in [-0.2, -0.15) is 5.26 Å². The largest absolute Gasteiger partial charge is 0.301 e. The Morgan fingerprint density at radius 2 is 2.00 bits per heavy atom. The van der Waals surface area contributed by atoms with Gasteiger partial charge < -0.3 is 4.90 Å². The molecule has 0 aromatic heterocycles. The molecule has 1 fully saturated rings. The van der Waals surface area contributed by atoms with Crippen molar-refractivity contribution in [2.24, 2.45) is 5.92 Å². The van der Waals surface area contributed by atoms with Gasteiger partial charge in [-0.1, -0.05) is 20.8 Å². The molecule has 1 saturated carbocycles. The van der Waals surface area contributed by atoms with Gasteiger partial charge in [0.2, 0.25) is 0 Å². The third kappa shape index (κ3) is 4.96. The molecule has 0 aromatic carbocycles. The van der Waals surface area contributed by atoms with Gasteiger partial charge in [0.05, 0.1) is 6.07 Å². The quantitative estimate of drug-likeness (QED) is 0.721. The van der Waals surface area contributed by atoms with Crippen LogP contribution in [0.4, 0.5) is 0 Å². The number of rotatable bonds is 8. The zero-order valence-electron chi connectivity index (χ0n) is 12.7. The Bertz CT molecular complexity index is 291. The van der Waals surface area contributed by atoms with Crippen LogP contribution in [0.2, 0.25) is 0 Å². The molecule has 0 heterocycles. The van der Waals surface area contributed by atoms with E-state index in [9.17, 15) is 5.26 Å². The Labute approximate surface area is 113 Å². The molecule has 1 N–H and O–H groups in total. The Kier molecular flexibility index (Phi) is 5.62. The smallest absolute Gasteiger partial charge is 0.105 e. The summed E-state index contributed by atoms with van der Waals surface area (Å²) in [6.07, 6.45) is 3.37. The maximum Gasteiger partial charge on any atom is 0.105 e. The van der Waals surface area contributed by atoms with Crippen molar-refractivity contribution in [2.45, 2.75) is 71.5 Å². The average molecular weight is 251 g/mol. The number of hydrogen-bond acceptors (Lipinski definition) is 3. The summed E-state index contributed by atoms with van der Waals surface area (Å²) >= 11 is 0. The van der Waals surface area contributed by atoms with Crippen LogP contribution in [-0.4, -0.2) is 35.6 Å². The Morgan fingerprint density at radius 3 is 2.39 bits per heavy atom. The van der Waals surface area contributed by atoms with Crippen molar-refractivity contribution >= 4 is 0 Å². The predicted molar refractivity (Wildman–Crippen MR) is 76.3 cm³/mol. The third-order valence-corrected chi connectivity index (χ3v) is 3.68. The SMILES string of the molecule is CCN(CC(C)C)C(C)CC(C)(C#N)NC1CC1. The van der Waals surface area contributed by atoms with Crippen LogP contribution in [0.5, 0.6) is 0 Å².